The molecular formula is C13H15NO3. The van der Waals surface area contributed by atoms with Crippen LogP contribution < -0.4 is 0 Å². The normalized spacial score (nSPS) is 11.6. The van der Waals surface area contributed by atoms with E-state index < -0.39 is 5.97 Å². The molecule has 0 aliphatic heterocycles. The lowest BCUT2D eigenvalue weighted by atomic mass is 10.1. The molecule has 4 nitrogen and oxygen atoms in total. The average Bonchev–Trinajstić information content (AvgIpc) is 2.36. The average molecular weight is 233 g/mol. The molecule has 0 unspecified atom stereocenters. The van der Waals surface area contributed by atoms with E-state index in [0.717, 1.165) is 0 Å². The zero-order valence-electron chi connectivity index (χ0n) is 9.97. The highest BCUT2D eigenvalue weighted by Gasteiger charge is 2.12. The maximum Gasteiger partial charge on any atom is 0.338 e. The first-order valence-electron chi connectivity index (χ1n) is 5.46. The van der Waals surface area contributed by atoms with Gasteiger partial charge in [-0.15, -0.1) is 0 Å². The van der Waals surface area contributed by atoms with Crippen molar-refractivity contribution >= 4 is 5.97 Å². The molecule has 0 radical (unpaired) electrons. The van der Waals surface area contributed by atoms with Crippen LogP contribution >= 0.6 is 0 Å². The molecule has 1 atom stereocenters. The maximum absolute atomic E-state index is 11.7. The molecule has 1 aromatic rings. The summed E-state index contributed by atoms with van der Waals surface area (Å²) in [6.45, 7) is 4.61. The lowest BCUT2D eigenvalue weighted by Crippen LogP contribution is -2.20. The quantitative estimate of drug-likeness (QED) is 0.731. The van der Waals surface area contributed by atoms with Crippen LogP contribution in [-0.2, 0) is 9.47 Å². The number of hydrogen-bond donors (Lipinski definition) is 0. The van der Waals surface area contributed by atoms with Crippen LogP contribution in [0, 0.1) is 11.3 Å². The van der Waals surface area contributed by atoms with Gasteiger partial charge in [-0.3, -0.25) is 0 Å². The largest absolute Gasteiger partial charge is 0.457 e. The standard InChI is InChI=1S/C13H15NO3/c1-3-16-9-10(2)17-13(15)12-6-4-5-11(7-12)8-14/h4-7,10H,3,9H2,1-2H3/t10-/m0/s1. The van der Waals surface area contributed by atoms with Crippen molar-refractivity contribution in [2.24, 2.45) is 0 Å². The summed E-state index contributed by atoms with van der Waals surface area (Å²) in [4.78, 5) is 11.7. The zero-order chi connectivity index (χ0) is 12.7. The van der Waals surface area contributed by atoms with Crippen molar-refractivity contribution < 1.29 is 14.3 Å². The summed E-state index contributed by atoms with van der Waals surface area (Å²) in [5.74, 6) is -0.436. The number of carbonyl (C=O) groups excluding carboxylic acids is 1. The van der Waals surface area contributed by atoms with Gasteiger partial charge < -0.3 is 9.47 Å². The molecule has 0 aliphatic carbocycles. The number of hydrogen-bond acceptors (Lipinski definition) is 4. The fourth-order valence-corrected chi connectivity index (χ4v) is 1.28. The molecule has 0 spiro atoms. The van der Waals surface area contributed by atoms with Crippen LogP contribution in [0.1, 0.15) is 29.8 Å². The molecule has 1 rings (SSSR count). The predicted molar refractivity (Wildman–Crippen MR) is 62.5 cm³/mol. The zero-order valence-corrected chi connectivity index (χ0v) is 9.97. The third kappa shape index (κ3) is 4.25. The lowest BCUT2D eigenvalue weighted by Gasteiger charge is -2.12. The molecule has 0 saturated carbocycles. The van der Waals surface area contributed by atoms with Crippen LogP contribution in [0.3, 0.4) is 0 Å². The first kappa shape index (κ1) is 13.2. The van der Waals surface area contributed by atoms with Gasteiger partial charge in [-0.2, -0.15) is 5.26 Å². The molecule has 0 bridgehead atoms. The third-order valence-electron chi connectivity index (χ3n) is 2.09. The van der Waals surface area contributed by atoms with Gasteiger partial charge in [0, 0.05) is 6.61 Å². The summed E-state index contributed by atoms with van der Waals surface area (Å²) < 4.78 is 10.3. The van der Waals surface area contributed by atoms with E-state index in [9.17, 15) is 4.79 Å². The highest BCUT2D eigenvalue weighted by molar-refractivity contribution is 5.89. The lowest BCUT2D eigenvalue weighted by molar-refractivity contribution is 0.00439. The highest BCUT2D eigenvalue weighted by atomic mass is 16.6. The summed E-state index contributed by atoms with van der Waals surface area (Å²) in [5.41, 5.74) is 0.823. The van der Waals surface area contributed by atoms with Gasteiger partial charge >= 0.3 is 5.97 Å². The molecule has 0 fully saturated rings. The number of nitriles is 1. The van der Waals surface area contributed by atoms with E-state index in [1.54, 1.807) is 25.1 Å². The first-order chi connectivity index (χ1) is 8.17. The Bertz CT molecular complexity index is 423. The summed E-state index contributed by atoms with van der Waals surface area (Å²) in [6.07, 6.45) is -0.298. The van der Waals surface area contributed by atoms with E-state index in [-0.39, 0.29) is 6.10 Å². The van der Waals surface area contributed by atoms with Crippen molar-refractivity contribution in [1.29, 1.82) is 5.26 Å². The summed E-state index contributed by atoms with van der Waals surface area (Å²) in [5, 5.41) is 8.72. The van der Waals surface area contributed by atoms with Crippen molar-refractivity contribution in [1.82, 2.24) is 0 Å². The Kier molecular flexibility index (Phi) is 5.18. The molecule has 0 aliphatic rings. The van der Waals surface area contributed by atoms with Gasteiger partial charge in [0.05, 0.1) is 23.8 Å². The minimum absolute atomic E-state index is 0.298. The molecule has 17 heavy (non-hydrogen) atoms. The summed E-state index contributed by atoms with van der Waals surface area (Å²) in [6, 6.07) is 8.40. The molecule has 1 aromatic carbocycles. The third-order valence-corrected chi connectivity index (χ3v) is 2.09. The van der Waals surface area contributed by atoms with Crippen molar-refractivity contribution in [3.8, 4) is 6.07 Å². The van der Waals surface area contributed by atoms with Crippen molar-refractivity contribution in [3.63, 3.8) is 0 Å². The monoisotopic (exact) mass is 233 g/mol. The summed E-state index contributed by atoms with van der Waals surface area (Å²) >= 11 is 0. The van der Waals surface area contributed by atoms with Crippen LogP contribution in [0.4, 0.5) is 0 Å². The number of benzene rings is 1. The fourth-order valence-electron chi connectivity index (χ4n) is 1.28. The molecule has 0 aromatic heterocycles. The van der Waals surface area contributed by atoms with Crippen LogP contribution in [0.5, 0.6) is 0 Å². The smallest absolute Gasteiger partial charge is 0.338 e. The van der Waals surface area contributed by atoms with E-state index in [2.05, 4.69) is 0 Å². The number of carbonyl (C=O) groups is 1. The summed E-state index contributed by atoms with van der Waals surface area (Å²) in [7, 11) is 0. The molecular weight excluding hydrogens is 218 g/mol. The van der Waals surface area contributed by atoms with Gasteiger partial charge in [0.1, 0.15) is 6.10 Å². The van der Waals surface area contributed by atoms with Gasteiger partial charge in [0.25, 0.3) is 0 Å². The first-order valence-corrected chi connectivity index (χ1v) is 5.46. The fraction of sp³-hybridized carbons (Fsp3) is 0.385. The predicted octanol–water partition coefficient (Wildman–Crippen LogP) is 2.14. The molecule has 90 valence electrons. The van der Waals surface area contributed by atoms with E-state index in [1.807, 2.05) is 13.0 Å². The number of esters is 1. The van der Waals surface area contributed by atoms with E-state index in [1.165, 1.54) is 6.07 Å². The van der Waals surface area contributed by atoms with Gasteiger partial charge in [-0.1, -0.05) is 6.07 Å². The van der Waals surface area contributed by atoms with Crippen LogP contribution in [0.25, 0.3) is 0 Å². The van der Waals surface area contributed by atoms with Gasteiger partial charge in [0.15, 0.2) is 0 Å². The van der Waals surface area contributed by atoms with E-state index >= 15 is 0 Å². The second kappa shape index (κ2) is 6.66. The Balaban J connectivity index is 2.60. The Hall–Kier alpha value is -1.86. The maximum atomic E-state index is 11.7. The Morgan fingerprint density at radius 2 is 2.29 bits per heavy atom. The Morgan fingerprint density at radius 3 is 2.94 bits per heavy atom. The second-order valence-electron chi connectivity index (χ2n) is 3.57. The van der Waals surface area contributed by atoms with Crippen LogP contribution in [0.15, 0.2) is 24.3 Å². The van der Waals surface area contributed by atoms with E-state index in [0.29, 0.717) is 24.3 Å². The Morgan fingerprint density at radius 1 is 1.53 bits per heavy atom. The molecule has 0 N–H and O–H groups in total. The van der Waals surface area contributed by atoms with Gasteiger partial charge in [-0.25, -0.2) is 4.79 Å². The SMILES string of the molecule is CCOC[C@H](C)OC(=O)c1cccc(C#N)c1. The topological polar surface area (TPSA) is 59.3 Å². The van der Waals surface area contributed by atoms with E-state index in [4.69, 9.17) is 14.7 Å². The number of rotatable bonds is 5. The Labute approximate surface area is 101 Å². The number of nitrogens with zero attached hydrogens (tertiary/aromatic N) is 1. The highest BCUT2D eigenvalue weighted by Crippen LogP contribution is 2.07. The molecule has 0 saturated heterocycles. The van der Waals surface area contributed by atoms with Crippen LogP contribution in [0.2, 0.25) is 0 Å². The second-order valence-corrected chi connectivity index (χ2v) is 3.57. The van der Waals surface area contributed by atoms with Crippen LogP contribution in [-0.4, -0.2) is 25.3 Å². The van der Waals surface area contributed by atoms with Crippen molar-refractivity contribution in [2.45, 2.75) is 20.0 Å². The van der Waals surface area contributed by atoms with Gasteiger partial charge in [0.2, 0.25) is 0 Å². The molecule has 4 heteroatoms. The van der Waals surface area contributed by atoms with Crippen molar-refractivity contribution in [2.75, 3.05) is 13.2 Å². The molecule has 0 amide bonds. The van der Waals surface area contributed by atoms with Crippen molar-refractivity contribution in [3.05, 3.63) is 35.4 Å². The number of ether oxygens (including phenoxy) is 2. The minimum Gasteiger partial charge on any atom is -0.457 e. The minimum atomic E-state index is -0.436. The van der Waals surface area contributed by atoms with Gasteiger partial charge in [-0.05, 0) is 32.0 Å². The molecule has 0 heterocycles.